The zero-order valence-electron chi connectivity index (χ0n) is 23.3. The van der Waals surface area contributed by atoms with Crippen LogP contribution in [-0.2, 0) is 21.6 Å². The number of amides is 2. The fraction of sp³-hybridized carbons (Fsp3) is 0.333. The fourth-order valence-electron chi connectivity index (χ4n) is 4.78. The van der Waals surface area contributed by atoms with E-state index in [2.05, 4.69) is 5.32 Å². The van der Waals surface area contributed by atoms with Gasteiger partial charge >= 0.3 is 6.09 Å². The first-order chi connectivity index (χ1) is 18.6. The SMILES string of the molecule is COc1cc(OC)c([C@@]2(NC(=O)OC(C)(C)C)C(=O)N(Cc3ccccc3)c3ccc(OC)cc32)c(OC)c1. The van der Waals surface area contributed by atoms with Crippen molar-refractivity contribution in [3.05, 3.63) is 77.4 Å². The van der Waals surface area contributed by atoms with Crippen molar-refractivity contribution in [2.45, 2.75) is 38.5 Å². The van der Waals surface area contributed by atoms with Crippen molar-refractivity contribution < 1.29 is 33.3 Å². The van der Waals surface area contributed by atoms with E-state index in [1.54, 1.807) is 56.0 Å². The molecule has 0 bridgehead atoms. The molecule has 39 heavy (non-hydrogen) atoms. The highest BCUT2D eigenvalue weighted by Gasteiger charge is 2.57. The van der Waals surface area contributed by atoms with Gasteiger partial charge in [0.05, 0.1) is 46.2 Å². The van der Waals surface area contributed by atoms with Crippen LogP contribution in [0.1, 0.15) is 37.5 Å². The van der Waals surface area contributed by atoms with Crippen molar-refractivity contribution in [3.63, 3.8) is 0 Å². The van der Waals surface area contributed by atoms with Crippen LogP contribution < -0.4 is 29.2 Å². The summed E-state index contributed by atoms with van der Waals surface area (Å²) in [4.78, 5) is 29.8. The summed E-state index contributed by atoms with van der Waals surface area (Å²) in [6.07, 6.45) is -0.786. The zero-order chi connectivity index (χ0) is 28.4. The Balaban J connectivity index is 2.04. The Labute approximate surface area is 228 Å². The molecule has 0 saturated carbocycles. The lowest BCUT2D eigenvalue weighted by Gasteiger charge is -2.34. The number of hydrogen-bond donors (Lipinski definition) is 1. The second kappa shape index (κ2) is 10.8. The van der Waals surface area contributed by atoms with E-state index in [1.165, 1.54) is 28.4 Å². The number of nitrogens with one attached hydrogen (secondary N) is 1. The van der Waals surface area contributed by atoms with Crippen LogP contribution in [0.15, 0.2) is 60.7 Å². The third-order valence-electron chi connectivity index (χ3n) is 6.43. The number of alkyl carbamates (subject to hydrolysis) is 1. The highest BCUT2D eigenvalue weighted by atomic mass is 16.6. The second-order valence-corrected chi connectivity index (χ2v) is 10.0. The van der Waals surface area contributed by atoms with Crippen LogP contribution in [0.25, 0.3) is 0 Å². The van der Waals surface area contributed by atoms with Crippen LogP contribution in [-0.4, -0.2) is 46.0 Å². The molecule has 9 heteroatoms. The summed E-state index contributed by atoms with van der Waals surface area (Å²) in [5, 5.41) is 2.92. The summed E-state index contributed by atoms with van der Waals surface area (Å²) in [6.45, 7) is 5.52. The number of carbonyl (C=O) groups excluding carboxylic acids is 2. The summed E-state index contributed by atoms with van der Waals surface area (Å²) in [6, 6.07) is 18.2. The molecular formula is C30H34N2O7. The maximum Gasteiger partial charge on any atom is 0.409 e. The molecule has 2 amide bonds. The quantitative estimate of drug-likeness (QED) is 0.433. The number of nitrogens with zero attached hydrogens (tertiary/aromatic N) is 1. The monoisotopic (exact) mass is 534 g/mol. The molecule has 1 heterocycles. The van der Waals surface area contributed by atoms with Crippen molar-refractivity contribution in [2.75, 3.05) is 33.3 Å². The molecular weight excluding hydrogens is 500 g/mol. The minimum atomic E-state index is -1.79. The van der Waals surface area contributed by atoms with Crippen molar-refractivity contribution in [3.8, 4) is 23.0 Å². The highest BCUT2D eigenvalue weighted by molar-refractivity contribution is 6.12. The van der Waals surface area contributed by atoms with Gasteiger partial charge in [-0.25, -0.2) is 4.79 Å². The Hall–Kier alpha value is -4.40. The average Bonchev–Trinajstić information content (AvgIpc) is 3.14. The van der Waals surface area contributed by atoms with E-state index >= 15 is 0 Å². The fourth-order valence-corrected chi connectivity index (χ4v) is 4.78. The molecule has 206 valence electrons. The molecule has 0 radical (unpaired) electrons. The molecule has 0 aliphatic carbocycles. The van der Waals surface area contributed by atoms with Gasteiger partial charge in [0.1, 0.15) is 28.6 Å². The van der Waals surface area contributed by atoms with Crippen LogP contribution >= 0.6 is 0 Å². The second-order valence-electron chi connectivity index (χ2n) is 10.0. The molecule has 1 aliphatic heterocycles. The van der Waals surface area contributed by atoms with Gasteiger partial charge in [-0.05, 0) is 44.5 Å². The van der Waals surface area contributed by atoms with Gasteiger partial charge in [0.2, 0.25) is 0 Å². The highest BCUT2D eigenvalue weighted by Crippen LogP contribution is 2.52. The molecule has 0 spiro atoms. The van der Waals surface area contributed by atoms with Gasteiger partial charge < -0.3 is 28.6 Å². The normalized spacial score (nSPS) is 16.4. The van der Waals surface area contributed by atoms with Gasteiger partial charge in [-0.15, -0.1) is 0 Å². The maximum absolute atomic E-state index is 14.8. The zero-order valence-corrected chi connectivity index (χ0v) is 23.3. The maximum atomic E-state index is 14.8. The molecule has 9 nitrogen and oxygen atoms in total. The van der Waals surface area contributed by atoms with Crippen molar-refractivity contribution >= 4 is 17.7 Å². The standard InChI is InChI=1S/C30H34N2O7/c1-29(2,3)39-28(34)31-30(26-24(37-6)16-21(36-5)17-25(26)38-7)22-15-20(35-4)13-14-23(22)32(27(30)33)18-19-11-9-8-10-12-19/h8-17H,18H2,1-7H3,(H,31,34)/t30-/m1/s1. The first kappa shape index (κ1) is 27.6. The number of rotatable bonds is 8. The lowest BCUT2D eigenvalue weighted by atomic mass is 9.82. The lowest BCUT2D eigenvalue weighted by molar-refractivity contribution is -0.123. The first-order valence-corrected chi connectivity index (χ1v) is 12.4. The van der Waals surface area contributed by atoms with Crippen molar-refractivity contribution in [1.82, 2.24) is 5.32 Å². The number of carbonyl (C=O) groups is 2. The van der Waals surface area contributed by atoms with E-state index in [4.69, 9.17) is 23.7 Å². The van der Waals surface area contributed by atoms with Crippen LogP contribution in [0.5, 0.6) is 23.0 Å². The number of hydrogen-bond acceptors (Lipinski definition) is 7. The van der Waals surface area contributed by atoms with Crippen LogP contribution in [0.4, 0.5) is 10.5 Å². The molecule has 0 saturated heterocycles. The summed E-state index contributed by atoms with van der Waals surface area (Å²) < 4.78 is 28.2. The predicted molar refractivity (Wildman–Crippen MR) is 147 cm³/mol. The topological polar surface area (TPSA) is 95.6 Å². The first-order valence-electron chi connectivity index (χ1n) is 12.4. The predicted octanol–water partition coefficient (Wildman–Crippen LogP) is 5.04. The molecule has 3 aromatic rings. The number of anilines is 1. The van der Waals surface area contributed by atoms with Crippen molar-refractivity contribution in [2.24, 2.45) is 0 Å². The molecule has 4 rings (SSSR count). The molecule has 0 unspecified atom stereocenters. The molecule has 1 aliphatic rings. The Bertz CT molecular complexity index is 1340. The van der Waals surface area contributed by atoms with Gasteiger partial charge in [0.25, 0.3) is 5.91 Å². The van der Waals surface area contributed by atoms with Gasteiger partial charge in [-0.1, -0.05) is 30.3 Å². The van der Waals surface area contributed by atoms with E-state index in [-0.39, 0.29) is 18.0 Å². The third-order valence-corrected chi connectivity index (χ3v) is 6.43. The summed E-state index contributed by atoms with van der Waals surface area (Å²) in [5.74, 6) is 1.11. The minimum absolute atomic E-state index is 0.261. The Morgan fingerprint density at radius 2 is 1.46 bits per heavy atom. The number of benzene rings is 3. The summed E-state index contributed by atoms with van der Waals surface area (Å²) in [7, 11) is 6.02. The lowest BCUT2D eigenvalue weighted by Crippen LogP contribution is -2.55. The van der Waals surface area contributed by atoms with Gasteiger partial charge in [0, 0.05) is 17.7 Å². The summed E-state index contributed by atoms with van der Waals surface area (Å²) in [5.41, 5.74) is -0.314. The molecule has 3 aromatic carbocycles. The van der Waals surface area contributed by atoms with E-state index < -0.39 is 23.1 Å². The van der Waals surface area contributed by atoms with E-state index in [9.17, 15) is 9.59 Å². The number of fused-ring (bicyclic) bond motifs is 1. The smallest absolute Gasteiger partial charge is 0.409 e. The minimum Gasteiger partial charge on any atom is -0.497 e. The van der Waals surface area contributed by atoms with Gasteiger partial charge in [-0.2, -0.15) is 0 Å². The third kappa shape index (κ3) is 5.16. The van der Waals surface area contributed by atoms with Crippen LogP contribution in [0.2, 0.25) is 0 Å². The molecule has 0 fully saturated rings. The Morgan fingerprint density at radius 3 is 2.00 bits per heavy atom. The largest absolute Gasteiger partial charge is 0.497 e. The molecule has 1 atom stereocenters. The summed E-state index contributed by atoms with van der Waals surface area (Å²) >= 11 is 0. The van der Waals surface area contributed by atoms with Crippen LogP contribution in [0.3, 0.4) is 0 Å². The molecule has 1 N–H and O–H groups in total. The number of ether oxygens (including phenoxy) is 5. The Kier molecular flexibility index (Phi) is 7.63. The number of methoxy groups -OCH3 is 4. The molecule has 0 aromatic heterocycles. The van der Waals surface area contributed by atoms with Gasteiger partial charge in [0.15, 0.2) is 5.54 Å². The van der Waals surface area contributed by atoms with E-state index in [0.29, 0.717) is 28.3 Å². The van der Waals surface area contributed by atoms with Gasteiger partial charge in [-0.3, -0.25) is 10.1 Å². The van der Waals surface area contributed by atoms with E-state index in [0.717, 1.165) is 5.56 Å². The van der Waals surface area contributed by atoms with Crippen molar-refractivity contribution in [1.29, 1.82) is 0 Å². The van der Waals surface area contributed by atoms with Crippen LogP contribution in [0, 0.1) is 0 Å². The Morgan fingerprint density at radius 1 is 0.846 bits per heavy atom. The van der Waals surface area contributed by atoms with E-state index in [1.807, 2.05) is 30.3 Å². The average molecular weight is 535 g/mol.